The second kappa shape index (κ2) is 4.63. The molecule has 0 bridgehead atoms. The minimum Gasteiger partial charge on any atom is -0.394 e. The predicted octanol–water partition coefficient (Wildman–Crippen LogP) is -0.747. The molecule has 6 heteroatoms. The fraction of sp³-hybridized carbons (Fsp3) is 0.600. The number of hydrogen-bond donors (Lipinski definition) is 1. The van der Waals surface area contributed by atoms with Gasteiger partial charge in [0.05, 0.1) is 38.4 Å². The van der Waals surface area contributed by atoms with Crippen LogP contribution in [0, 0.1) is 0 Å². The number of morpholine rings is 1. The highest BCUT2D eigenvalue weighted by Crippen LogP contribution is 2.11. The number of carbonyl (C=O) groups excluding carboxylic acids is 1. The monoisotopic (exact) mass is 225 g/mol. The lowest BCUT2D eigenvalue weighted by Crippen LogP contribution is -2.50. The average Bonchev–Trinajstić information content (AvgIpc) is 2.74. The van der Waals surface area contributed by atoms with Crippen molar-refractivity contribution in [1.82, 2.24) is 14.5 Å². The molecular formula is C10H15N3O3. The van der Waals surface area contributed by atoms with Crippen LogP contribution in [-0.2, 0) is 11.8 Å². The number of nitrogens with zero attached hydrogens (tertiary/aromatic N) is 3. The van der Waals surface area contributed by atoms with Gasteiger partial charge in [0.1, 0.15) is 5.69 Å². The Bertz CT molecular complexity index is 377. The van der Waals surface area contributed by atoms with E-state index in [9.17, 15) is 9.90 Å². The first-order chi connectivity index (χ1) is 7.74. The van der Waals surface area contributed by atoms with E-state index < -0.39 is 0 Å². The number of carbonyl (C=O) groups is 1. The zero-order valence-corrected chi connectivity index (χ0v) is 9.17. The first-order valence-electron chi connectivity index (χ1n) is 5.20. The highest BCUT2D eigenvalue weighted by atomic mass is 16.5. The summed E-state index contributed by atoms with van der Waals surface area (Å²) in [6.45, 7) is 1.33. The largest absolute Gasteiger partial charge is 0.394 e. The Labute approximate surface area is 93.4 Å². The van der Waals surface area contributed by atoms with E-state index >= 15 is 0 Å². The van der Waals surface area contributed by atoms with Crippen LogP contribution in [0.3, 0.4) is 0 Å². The van der Waals surface area contributed by atoms with E-state index in [2.05, 4.69) is 4.98 Å². The molecule has 0 radical (unpaired) electrons. The maximum absolute atomic E-state index is 12.1. The summed E-state index contributed by atoms with van der Waals surface area (Å²) in [7, 11) is 1.77. The highest BCUT2D eigenvalue weighted by molar-refractivity contribution is 5.92. The lowest BCUT2D eigenvalue weighted by Gasteiger charge is -2.34. The quantitative estimate of drug-likeness (QED) is 0.719. The molecule has 0 spiro atoms. The van der Waals surface area contributed by atoms with E-state index in [0.717, 1.165) is 0 Å². The van der Waals surface area contributed by atoms with Crippen LogP contribution in [0.4, 0.5) is 0 Å². The number of aromatic nitrogens is 2. The maximum Gasteiger partial charge on any atom is 0.272 e. The molecule has 2 heterocycles. The molecule has 1 unspecified atom stereocenters. The van der Waals surface area contributed by atoms with Crippen LogP contribution < -0.4 is 0 Å². The minimum absolute atomic E-state index is 0.0798. The molecule has 1 N–H and O–H groups in total. The van der Waals surface area contributed by atoms with Crippen LogP contribution in [0.5, 0.6) is 0 Å². The maximum atomic E-state index is 12.1. The van der Waals surface area contributed by atoms with Gasteiger partial charge in [-0.15, -0.1) is 0 Å². The molecule has 2 rings (SSSR count). The van der Waals surface area contributed by atoms with Gasteiger partial charge in [0.25, 0.3) is 5.91 Å². The molecule has 1 saturated heterocycles. The third-order valence-corrected chi connectivity index (χ3v) is 2.73. The van der Waals surface area contributed by atoms with Crippen molar-refractivity contribution < 1.29 is 14.6 Å². The van der Waals surface area contributed by atoms with E-state index in [1.807, 2.05) is 0 Å². The van der Waals surface area contributed by atoms with Crippen molar-refractivity contribution in [2.24, 2.45) is 7.05 Å². The second-order valence-corrected chi connectivity index (χ2v) is 3.80. The summed E-state index contributed by atoms with van der Waals surface area (Å²) in [5, 5.41) is 9.18. The van der Waals surface area contributed by atoms with Crippen molar-refractivity contribution in [3.05, 3.63) is 18.2 Å². The van der Waals surface area contributed by atoms with Gasteiger partial charge in [-0.25, -0.2) is 4.98 Å². The number of aryl methyl sites for hydroxylation is 1. The topological polar surface area (TPSA) is 67.6 Å². The fourth-order valence-electron chi connectivity index (χ4n) is 1.78. The number of aliphatic hydroxyl groups excluding tert-OH is 1. The number of aliphatic hydroxyl groups is 1. The van der Waals surface area contributed by atoms with Crippen molar-refractivity contribution in [3.63, 3.8) is 0 Å². The Morgan fingerprint density at radius 2 is 2.56 bits per heavy atom. The van der Waals surface area contributed by atoms with Crippen LogP contribution in [-0.4, -0.2) is 57.9 Å². The summed E-state index contributed by atoms with van der Waals surface area (Å²) in [5.41, 5.74) is 0.528. The molecule has 1 fully saturated rings. The van der Waals surface area contributed by atoms with E-state index in [0.29, 0.717) is 25.5 Å². The van der Waals surface area contributed by atoms with Crippen molar-refractivity contribution in [3.8, 4) is 0 Å². The molecule has 1 amide bonds. The van der Waals surface area contributed by atoms with E-state index in [1.54, 1.807) is 22.8 Å². The van der Waals surface area contributed by atoms with Gasteiger partial charge in [0.2, 0.25) is 0 Å². The van der Waals surface area contributed by atoms with Crippen LogP contribution in [0.25, 0.3) is 0 Å². The predicted molar refractivity (Wildman–Crippen MR) is 55.9 cm³/mol. The molecule has 1 atom stereocenters. The fourth-order valence-corrected chi connectivity index (χ4v) is 1.78. The van der Waals surface area contributed by atoms with Crippen LogP contribution in [0.1, 0.15) is 10.5 Å². The van der Waals surface area contributed by atoms with Crippen LogP contribution in [0.15, 0.2) is 12.5 Å². The number of ether oxygens (including phenoxy) is 1. The Hall–Kier alpha value is -1.40. The van der Waals surface area contributed by atoms with Crippen molar-refractivity contribution in [2.75, 3.05) is 26.4 Å². The lowest BCUT2D eigenvalue weighted by molar-refractivity contribution is -0.0188. The number of amides is 1. The summed E-state index contributed by atoms with van der Waals surface area (Å²) in [4.78, 5) is 17.7. The minimum atomic E-state index is -0.254. The molecule has 6 nitrogen and oxygen atoms in total. The Morgan fingerprint density at radius 1 is 1.75 bits per heavy atom. The van der Waals surface area contributed by atoms with E-state index in [1.165, 1.54) is 6.20 Å². The van der Waals surface area contributed by atoms with Gasteiger partial charge in [-0.1, -0.05) is 0 Å². The number of imidazole rings is 1. The molecular weight excluding hydrogens is 210 g/mol. The van der Waals surface area contributed by atoms with Crippen LogP contribution >= 0.6 is 0 Å². The molecule has 0 saturated carbocycles. The van der Waals surface area contributed by atoms with Gasteiger partial charge in [-0.05, 0) is 0 Å². The van der Waals surface area contributed by atoms with Crippen molar-refractivity contribution in [2.45, 2.75) is 6.04 Å². The van der Waals surface area contributed by atoms with Gasteiger partial charge >= 0.3 is 0 Å². The van der Waals surface area contributed by atoms with Gasteiger partial charge in [-0.3, -0.25) is 4.79 Å². The second-order valence-electron chi connectivity index (χ2n) is 3.80. The smallest absolute Gasteiger partial charge is 0.272 e. The first-order valence-corrected chi connectivity index (χ1v) is 5.20. The zero-order valence-electron chi connectivity index (χ0n) is 9.17. The third kappa shape index (κ3) is 1.94. The Balaban J connectivity index is 2.17. The third-order valence-electron chi connectivity index (χ3n) is 2.73. The van der Waals surface area contributed by atoms with E-state index in [4.69, 9.17) is 4.74 Å². The number of hydrogen-bond acceptors (Lipinski definition) is 4. The van der Waals surface area contributed by atoms with Gasteiger partial charge in [-0.2, -0.15) is 0 Å². The summed E-state index contributed by atoms with van der Waals surface area (Å²) >= 11 is 0. The summed E-state index contributed by atoms with van der Waals surface area (Å²) < 4.78 is 6.90. The summed E-state index contributed by atoms with van der Waals surface area (Å²) in [6, 6.07) is -0.254. The molecule has 1 aliphatic rings. The Morgan fingerprint density at radius 3 is 3.19 bits per heavy atom. The average molecular weight is 225 g/mol. The molecule has 0 aromatic carbocycles. The number of rotatable bonds is 2. The van der Waals surface area contributed by atoms with E-state index in [-0.39, 0.29) is 18.6 Å². The molecule has 1 aliphatic heterocycles. The molecule has 1 aromatic rings. The SMILES string of the molecule is Cn1cncc1C(=O)N1CCOCC1CO. The van der Waals surface area contributed by atoms with Gasteiger partial charge < -0.3 is 19.3 Å². The normalized spacial score (nSPS) is 21.1. The summed E-state index contributed by atoms with van der Waals surface area (Å²) in [5.74, 6) is -0.109. The zero-order chi connectivity index (χ0) is 11.5. The highest BCUT2D eigenvalue weighted by Gasteiger charge is 2.28. The molecule has 1 aromatic heterocycles. The van der Waals surface area contributed by atoms with Crippen molar-refractivity contribution in [1.29, 1.82) is 0 Å². The van der Waals surface area contributed by atoms with Gasteiger partial charge in [0, 0.05) is 13.6 Å². The Kier molecular flexibility index (Phi) is 3.21. The standard InChI is InChI=1S/C10H15N3O3/c1-12-7-11-4-9(12)10(15)13-2-3-16-6-8(13)5-14/h4,7-8,14H,2-3,5-6H2,1H3. The lowest BCUT2D eigenvalue weighted by atomic mass is 10.2. The molecule has 0 aliphatic carbocycles. The summed E-state index contributed by atoms with van der Waals surface area (Å²) in [6.07, 6.45) is 3.12. The van der Waals surface area contributed by atoms with Crippen LogP contribution in [0.2, 0.25) is 0 Å². The van der Waals surface area contributed by atoms with Gasteiger partial charge in [0.15, 0.2) is 0 Å². The first kappa shape index (κ1) is 11.1. The molecule has 16 heavy (non-hydrogen) atoms. The van der Waals surface area contributed by atoms with Crippen molar-refractivity contribution >= 4 is 5.91 Å². The molecule has 88 valence electrons.